The highest BCUT2D eigenvalue weighted by Gasteiger charge is 2.33. The van der Waals surface area contributed by atoms with E-state index in [0.717, 1.165) is 84.1 Å². The summed E-state index contributed by atoms with van der Waals surface area (Å²) in [5.41, 5.74) is 0. The van der Waals surface area contributed by atoms with Gasteiger partial charge in [0.05, 0.1) is 19.8 Å². The number of piperidine rings is 1. The maximum atomic E-state index is 12.8. The average molecular weight is 541 g/mol. The minimum Gasteiger partial charge on any atom is -0.381 e. The second-order valence-electron chi connectivity index (χ2n) is 7.87. The van der Waals surface area contributed by atoms with Gasteiger partial charge in [-0.05, 0) is 38.9 Å². The van der Waals surface area contributed by atoms with Crippen LogP contribution in [0.1, 0.15) is 32.6 Å². The third-order valence-electron chi connectivity index (χ3n) is 6.16. The first kappa shape index (κ1) is 25.0. The number of hydrogen-bond acceptors (Lipinski definition) is 5. The summed E-state index contributed by atoms with van der Waals surface area (Å²) in [5, 5.41) is 3.46. The second kappa shape index (κ2) is 12.6. The molecule has 3 saturated heterocycles. The molecule has 0 bridgehead atoms. The number of halogens is 1. The van der Waals surface area contributed by atoms with Gasteiger partial charge in [-0.2, -0.15) is 11.8 Å². The Morgan fingerprint density at radius 3 is 2.28 bits per heavy atom. The number of ether oxygens (including phenoxy) is 2. The summed E-state index contributed by atoms with van der Waals surface area (Å²) in [7, 11) is 0. The largest absolute Gasteiger partial charge is 0.381 e. The van der Waals surface area contributed by atoms with E-state index in [-0.39, 0.29) is 34.6 Å². The molecule has 7 nitrogen and oxygen atoms in total. The zero-order valence-corrected chi connectivity index (χ0v) is 21.0. The predicted molar refractivity (Wildman–Crippen MR) is 129 cm³/mol. The Kier molecular flexibility index (Phi) is 10.8. The van der Waals surface area contributed by atoms with Crippen LogP contribution in [0.25, 0.3) is 0 Å². The number of thioether (sulfide) groups is 1. The molecule has 1 N–H and O–H groups in total. The van der Waals surface area contributed by atoms with Crippen molar-refractivity contribution in [3.05, 3.63) is 0 Å². The Labute approximate surface area is 196 Å². The minimum absolute atomic E-state index is 0. The normalized spacial score (nSPS) is 23.4. The molecule has 0 spiro atoms. The molecule has 1 amide bonds. The minimum atomic E-state index is 0. The zero-order chi connectivity index (χ0) is 19.8. The van der Waals surface area contributed by atoms with E-state index in [1.165, 1.54) is 0 Å². The smallest absolute Gasteiger partial charge is 0.225 e. The number of hydrogen-bond donors (Lipinski definition) is 1. The van der Waals surface area contributed by atoms with Gasteiger partial charge >= 0.3 is 0 Å². The lowest BCUT2D eigenvalue weighted by Gasteiger charge is -2.38. The number of carbonyl (C=O) groups excluding carboxylic acids is 1. The molecule has 3 fully saturated rings. The fourth-order valence-electron chi connectivity index (χ4n) is 4.20. The van der Waals surface area contributed by atoms with Gasteiger partial charge in [-0.1, -0.05) is 0 Å². The highest BCUT2D eigenvalue weighted by Crippen LogP contribution is 2.34. The van der Waals surface area contributed by atoms with Crippen LogP contribution in [0.2, 0.25) is 0 Å². The number of nitrogens with zero attached hydrogens (tertiary/aromatic N) is 3. The molecule has 3 heterocycles. The Bertz CT molecular complexity index is 532. The van der Waals surface area contributed by atoms with Crippen molar-refractivity contribution >= 4 is 47.6 Å². The van der Waals surface area contributed by atoms with Gasteiger partial charge in [0.2, 0.25) is 5.91 Å². The van der Waals surface area contributed by atoms with Gasteiger partial charge in [-0.3, -0.25) is 9.79 Å². The van der Waals surface area contributed by atoms with Gasteiger partial charge in [0.25, 0.3) is 0 Å². The van der Waals surface area contributed by atoms with E-state index in [2.05, 4.69) is 23.4 Å². The number of aliphatic imine (C=N–C) groups is 1. The van der Waals surface area contributed by atoms with Gasteiger partial charge in [0.1, 0.15) is 0 Å². The lowest BCUT2D eigenvalue weighted by atomic mass is 9.95. The van der Waals surface area contributed by atoms with Gasteiger partial charge in [-0.15, -0.1) is 24.0 Å². The van der Waals surface area contributed by atoms with Crippen molar-refractivity contribution in [2.75, 3.05) is 72.0 Å². The molecule has 3 aliphatic rings. The first-order chi connectivity index (χ1) is 13.7. The van der Waals surface area contributed by atoms with E-state index in [9.17, 15) is 4.79 Å². The molecule has 0 aliphatic carbocycles. The van der Waals surface area contributed by atoms with Crippen LogP contribution < -0.4 is 5.32 Å². The Morgan fingerprint density at radius 2 is 1.69 bits per heavy atom. The SMILES string of the molecule is CCNC(=NCC1(SC)CCOCC1)N1CCC(C(=O)N2CCOCC2)CC1.I. The third kappa shape index (κ3) is 6.87. The lowest BCUT2D eigenvalue weighted by molar-refractivity contribution is -0.140. The van der Waals surface area contributed by atoms with E-state index < -0.39 is 0 Å². The Hall–Kier alpha value is -0.260. The maximum Gasteiger partial charge on any atom is 0.225 e. The molecule has 29 heavy (non-hydrogen) atoms. The van der Waals surface area contributed by atoms with E-state index in [1.54, 1.807) is 0 Å². The summed E-state index contributed by atoms with van der Waals surface area (Å²) in [6, 6.07) is 0. The van der Waals surface area contributed by atoms with Crippen LogP contribution in [0.15, 0.2) is 4.99 Å². The van der Waals surface area contributed by atoms with Crippen molar-refractivity contribution in [3.63, 3.8) is 0 Å². The van der Waals surface area contributed by atoms with E-state index in [0.29, 0.717) is 19.1 Å². The van der Waals surface area contributed by atoms with E-state index in [1.807, 2.05) is 16.7 Å². The van der Waals surface area contributed by atoms with Crippen LogP contribution in [0.4, 0.5) is 0 Å². The molecule has 0 atom stereocenters. The molecule has 9 heteroatoms. The van der Waals surface area contributed by atoms with Crippen LogP contribution in [0.5, 0.6) is 0 Å². The molecule has 0 saturated carbocycles. The first-order valence-corrected chi connectivity index (χ1v) is 11.9. The Balaban J connectivity index is 0.00000300. The quantitative estimate of drug-likeness (QED) is 0.327. The summed E-state index contributed by atoms with van der Waals surface area (Å²) in [4.78, 5) is 22.1. The van der Waals surface area contributed by atoms with E-state index >= 15 is 0 Å². The predicted octanol–water partition coefficient (Wildman–Crippen LogP) is 2.05. The highest BCUT2D eigenvalue weighted by molar-refractivity contribution is 14.0. The van der Waals surface area contributed by atoms with Crippen molar-refractivity contribution < 1.29 is 14.3 Å². The molecule has 0 unspecified atom stereocenters. The molecule has 0 aromatic carbocycles. The maximum absolute atomic E-state index is 12.8. The molecule has 0 radical (unpaired) electrons. The van der Waals surface area contributed by atoms with Crippen LogP contribution in [-0.4, -0.2) is 98.4 Å². The standard InChI is InChI=1S/C20H36N4O3S.HI/c1-3-21-19(22-16-20(28-2)6-12-26-13-7-20)24-8-4-17(5-9-24)18(25)23-10-14-27-15-11-23;/h17H,3-16H2,1-2H3,(H,21,22);1H. The summed E-state index contributed by atoms with van der Waals surface area (Å²) in [5.74, 6) is 1.46. The van der Waals surface area contributed by atoms with Crippen LogP contribution in [-0.2, 0) is 14.3 Å². The molecule has 0 aromatic rings. The number of rotatable bonds is 5. The fraction of sp³-hybridized carbons (Fsp3) is 0.900. The molecule has 168 valence electrons. The van der Waals surface area contributed by atoms with Gasteiger partial charge in [-0.25, -0.2) is 0 Å². The van der Waals surface area contributed by atoms with Crippen molar-refractivity contribution in [2.45, 2.75) is 37.4 Å². The van der Waals surface area contributed by atoms with Crippen molar-refractivity contribution in [1.82, 2.24) is 15.1 Å². The number of amides is 1. The fourth-order valence-corrected chi connectivity index (χ4v) is 4.96. The summed E-state index contributed by atoms with van der Waals surface area (Å²) in [6.07, 6.45) is 6.13. The zero-order valence-electron chi connectivity index (χ0n) is 17.9. The summed E-state index contributed by atoms with van der Waals surface area (Å²) >= 11 is 1.93. The third-order valence-corrected chi connectivity index (χ3v) is 7.56. The summed E-state index contributed by atoms with van der Waals surface area (Å²) in [6.45, 7) is 10.1. The number of likely N-dealkylation sites (tertiary alicyclic amines) is 1. The van der Waals surface area contributed by atoms with Gasteiger partial charge < -0.3 is 24.6 Å². The van der Waals surface area contributed by atoms with Crippen molar-refractivity contribution in [1.29, 1.82) is 0 Å². The molecule has 0 aromatic heterocycles. The molecular formula is C20H37IN4O3S. The second-order valence-corrected chi connectivity index (χ2v) is 9.14. The topological polar surface area (TPSA) is 66.4 Å². The number of nitrogens with one attached hydrogen (secondary N) is 1. The number of guanidine groups is 1. The first-order valence-electron chi connectivity index (χ1n) is 10.7. The van der Waals surface area contributed by atoms with Crippen LogP contribution >= 0.6 is 35.7 Å². The van der Waals surface area contributed by atoms with Gasteiger partial charge in [0.15, 0.2) is 5.96 Å². The average Bonchev–Trinajstić information content (AvgIpc) is 2.77. The number of carbonyl (C=O) groups is 1. The number of morpholine rings is 1. The van der Waals surface area contributed by atoms with E-state index in [4.69, 9.17) is 14.5 Å². The van der Waals surface area contributed by atoms with Gasteiger partial charge in [0, 0.05) is 56.6 Å². The van der Waals surface area contributed by atoms with Crippen LogP contribution in [0.3, 0.4) is 0 Å². The molecular weight excluding hydrogens is 503 g/mol. The van der Waals surface area contributed by atoms with Crippen molar-refractivity contribution in [3.8, 4) is 0 Å². The van der Waals surface area contributed by atoms with Crippen molar-refractivity contribution in [2.24, 2.45) is 10.9 Å². The molecule has 3 rings (SSSR count). The summed E-state index contributed by atoms with van der Waals surface area (Å²) < 4.78 is 11.1. The Morgan fingerprint density at radius 1 is 1.07 bits per heavy atom. The highest BCUT2D eigenvalue weighted by atomic mass is 127. The lowest BCUT2D eigenvalue weighted by Crippen LogP contribution is -2.50. The van der Waals surface area contributed by atoms with Crippen LogP contribution in [0, 0.1) is 5.92 Å². The monoisotopic (exact) mass is 540 g/mol. The molecule has 3 aliphatic heterocycles.